The number of nitrogens with zero attached hydrogens (tertiary/aromatic N) is 2. The van der Waals surface area contributed by atoms with Crippen LogP contribution in [0, 0.1) is 0 Å². The van der Waals surface area contributed by atoms with Crippen LogP contribution in [0.1, 0.15) is 38.7 Å². The zero-order valence-electron chi connectivity index (χ0n) is 12.7. The van der Waals surface area contributed by atoms with Gasteiger partial charge in [0, 0.05) is 13.1 Å². The van der Waals surface area contributed by atoms with Crippen LogP contribution in [-0.2, 0) is 13.1 Å². The molecular weight excluding hydrogens is 264 g/mol. The molecular formula is C17H20N2O2. The molecule has 0 radical (unpaired) electrons. The maximum absolute atomic E-state index is 12.4. The van der Waals surface area contributed by atoms with Crippen molar-refractivity contribution < 1.29 is 0 Å². The van der Waals surface area contributed by atoms with Crippen molar-refractivity contribution in [2.24, 2.45) is 0 Å². The Morgan fingerprint density at radius 2 is 2.05 bits per heavy atom. The molecule has 1 unspecified atom stereocenters. The van der Waals surface area contributed by atoms with E-state index in [2.05, 4.69) is 13.0 Å². The van der Waals surface area contributed by atoms with Crippen LogP contribution in [0.15, 0.2) is 39.4 Å². The summed E-state index contributed by atoms with van der Waals surface area (Å²) in [6.07, 6.45) is 2.88. The molecule has 4 nitrogen and oxygen atoms in total. The van der Waals surface area contributed by atoms with E-state index in [4.69, 9.17) is 0 Å². The van der Waals surface area contributed by atoms with Gasteiger partial charge in [0.25, 0.3) is 0 Å². The van der Waals surface area contributed by atoms with Crippen LogP contribution in [0.4, 0.5) is 0 Å². The first-order valence-corrected chi connectivity index (χ1v) is 7.40. The summed E-state index contributed by atoms with van der Waals surface area (Å²) in [5, 5.41) is 0. The molecule has 0 aliphatic carbocycles. The molecule has 2 aromatic rings. The number of hydrogen-bond acceptors (Lipinski definition) is 2. The molecule has 0 fully saturated rings. The van der Waals surface area contributed by atoms with Gasteiger partial charge >= 0.3 is 11.1 Å². The third-order valence-electron chi connectivity index (χ3n) is 4.28. The molecule has 110 valence electrons. The second-order valence-electron chi connectivity index (χ2n) is 6.06. The van der Waals surface area contributed by atoms with Gasteiger partial charge in [0.2, 0.25) is 0 Å². The van der Waals surface area contributed by atoms with Crippen molar-refractivity contribution in [3.8, 4) is 0 Å². The summed E-state index contributed by atoms with van der Waals surface area (Å²) in [4.78, 5) is 24.8. The van der Waals surface area contributed by atoms with Gasteiger partial charge in [-0.1, -0.05) is 30.7 Å². The van der Waals surface area contributed by atoms with Crippen molar-refractivity contribution in [1.82, 2.24) is 9.13 Å². The third kappa shape index (κ3) is 2.15. The van der Waals surface area contributed by atoms with Gasteiger partial charge in [-0.3, -0.25) is 14.2 Å². The van der Waals surface area contributed by atoms with Gasteiger partial charge in [-0.15, -0.1) is 0 Å². The van der Waals surface area contributed by atoms with E-state index >= 15 is 0 Å². The smallest absolute Gasteiger partial charge is 0.302 e. The number of benzene rings is 1. The summed E-state index contributed by atoms with van der Waals surface area (Å²) in [6.45, 7) is 7.24. The molecule has 0 spiro atoms. The Hall–Kier alpha value is -2.10. The Bertz CT molecular complexity index is 851. The number of para-hydroxylation sites is 1. The Balaban J connectivity index is 2.41. The molecule has 4 heteroatoms. The topological polar surface area (TPSA) is 44.0 Å². The average Bonchev–Trinajstić information content (AvgIpc) is 2.46. The molecule has 0 bridgehead atoms. The zero-order valence-corrected chi connectivity index (χ0v) is 12.7. The first kappa shape index (κ1) is 13.9. The van der Waals surface area contributed by atoms with Gasteiger partial charge < -0.3 is 4.57 Å². The maximum Gasteiger partial charge on any atom is 0.317 e. The molecule has 1 aliphatic heterocycles. The van der Waals surface area contributed by atoms with Crippen LogP contribution in [0.3, 0.4) is 0 Å². The molecule has 0 amide bonds. The summed E-state index contributed by atoms with van der Waals surface area (Å²) in [7, 11) is 0. The highest BCUT2D eigenvalue weighted by Crippen LogP contribution is 2.30. The van der Waals surface area contributed by atoms with E-state index in [9.17, 15) is 9.59 Å². The van der Waals surface area contributed by atoms with Crippen LogP contribution >= 0.6 is 0 Å². The lowest BCUT2D eigenvalue weighted by molar-refractivity contribution is 0.539. The van der Waals surface area contributed by atoms with Crippen LogP contribution in [0.2, 0.25) is 0 Å². The monoisotopic (exact) mass is 284 g/mol. The van der Waals surface area contributed by atoms with Crippen molar-refractivity contribution >= 4 is 11.0 Å². The van der Waals surface area contributed by atoms with Gasteiger partial charge in [0.15, 0.2) is 0 Å². The minimum atomic E-state index is -0.424. The number of hydrogen-bond donors (Lipinski definition) is 0. The average molecular weight is 284 g/mol. The molecule has 1 aliphatic rings. The fraction of sp³-hybridized carbons (Fsp3) is 0.412. The van der Waals surface area contributed by atoms with E-state index in [1.807, 2.05) is 32.1 Å². The highest BCUT2D eigenvalue weighted by atomic mass is 16.2. The molecule has 0 saturated carbocycles. The molecule has 3 rings (SSSR count). The Morgan fingerprint density at radius 3 is 2.76 bits per heavy atom. The van der Waals surface area contributed by atoms with E-state index in [0.29, 0.717) is 19.0 Å². The molecule has 1 atom stereocenters. The Labute approximate surface area is 123 Å². The van der Waals surface area contributed by atoms with Gasteiger partial charge in [-0.2, -0.15) is 0 Å². The van der Waals surface area contributed by atoms with Crippen molar-refractivity contribution in [1.29, 1.82) is 0 Å². The van der Waals surface area contributed by atoms with E-state index in [-0.39, 0.29) is 0 Å². The van der Waals surface area contributed by atoms with Crippen molar-refractivity contribution in [3.05, 3.63) is 56.1 Å². The number of aromatic nitrogens is 2. The van der Waals surface area contributed by atoms with Crippen LogP contribution < -0.4 is 11.1 Å². The first-order chi connectivity index (χ1) is 10.0. The van der Waals surface area contributed by atoms with Crippen molar-refractivity contribution in [3.63, 3.8) is 0 Å². The Morgan fingerprint density at radius 1 is 1.29 bits per heavy atom. The normalized spacial score (nSPS) is 17.0. The zero-order chi connectivity index (χ0) is 15.1. The minimum Gasteiger partial charge on any atom is -0.302 e. The highest BCUT2D eigenvalue weighted by molar-refractivity contribution is 5.80. The fourth-order valence-electron chi connectivity index (χ4n) is 3.05. The van der Waals surface area contributed by atoms with E-state index in [0.717, 1.165) is 23.0 Å². The lowest BCUT2D eigenvalue weighted by Crippen LogP contribution is -2.42. The lowest BCUT2D eigenvalue weighted by Gasteiger charge is -2.25. The Kier molecular flexibility index (Phi) is 3.32. The molecule has 2 heterocycles. The van der Waals surface area contributed by atoms with E-state index < -0.39 is 11.1 Å². The van der Waals surface area contributed by atoms with E-state index in [1.165, 1.54) is 5.56 Å². The summed E-state index contributed by atoms with van der Waals surface area (Å²) in [5.74, 6) is 0.419. The molecule has 0 N–H and O–H groups in total. The van der Waals surface area contributed by atoms with Crippen LogP contribution in [0.25, 0.3) is 11.0 Å². The highest BCUT2D eigenvalue weighted by Gasteiger charge is 2.22. The van der Waals surface area contributed by atoms with Crippen LogP contribution in [-0.4, -0.2) is 9.13 Å². The molecule has 21 heavy (non-hydrogen) atoms. The van der Waals surface area contributed by atoms with Gasteiger partial charge in [0.05, 0.1) is 11.0 Å². The van der Waals surface area contributed by atoms with Gasteiger partial charge in [0.1, 0.15) is 0 Å². The predicted octanol–water partition coefficient (Wildman–Crippen LogP) is 2.64. The summed E-state index contributed by atoms with van der Waals surface area (Å²) >= 11 is 0. The third-order valence-corrected chi connectivity index (χ3v) is 4.28. The number of allylic oxidation sites excluding steroid dienone is 2. The quantitative estimate of drug-likeness (QED) is 0.628. The minimum absolute atomic E-state index is 0.399. The molecule has 1 aromatic heterocycles. The van der Waals surface area contributed by atoms with Crippen LogP contribution in [0.5, 0.6) is 0 Å². The summed E-state index contributed by atoms with van der Waals surface area (Å²) in [5.41, 5.74) is 3.28. The van der Waals surface area contributed by atoms with Gasteiger partial charge in [-0.25, -0.2) is 0 Å². The summed E-state index contributed by atoms with van der Waals surface area (Å²) in [6, 6.07) is 5.98. The lowest BCUT2D eigenvalue weighted by atomic mass is 9.93. The molecule has 1 aromatic carbocycles. The van der Waals surface area contributed by atoms with Crippen molar-refractivity contribution in [2.75, 3.05) is 0 Å². The maximum atomic E-state index is 12.4. The second-order valence-corrected chi connectivity index (χ2v) is 6.06. The largest absolute Gasteiger partial charge is 0.317 e. The predicted molar refractivity (Wildman–Crippen MR) is 84.9 cm³/mol. The first-order valence-electron chi connectivity index (χ1n) is 7.40. The van der Waals surface area contributed by atoms with Gasteiger partial charge in [-0.05, 0) is 37.8 Å². The fourth-order valence-corrected chi connectivity index (χ4v) is 3.05. The molecule has 0 saturated heterocycles. The van der Waals surface area contributed by atoms with Crippen molar-refractivity contribution in [2.45, 2.75) is 46.2 Å². The second kappa shape index (κ2) is 5.02. The number of rotatable bonds is 2. The SMILES string of the molecule is CC(C)=CCn1c(=O)c(=O)n2c3c(cccc31)C(C)CC2. The van der Waals surface area contributed by atoms with E-state index in [1.54, 1.807) is 9.13 Å². The summed E-state index contributed by atoms with van der Waals surface area (Å²) < 4.78 is 3.26. The number of aryl methyl sites for hydroxylation is 1. The standard InChI is InChI=1S/C17H20N2O2/c1-11(2)7-9-18-14-6-4-5-13-12(3)8-10-19(15(13)14)17(21)16(18)20/h4-7,12H,8-10H2,1-3H3.